The highest BCUT2D eigenvalue weighted by Crippen LogP contribution is 2.22. The van der Waals surface area contributed by atoms with Gasteiger partial charge in [-0.1, -0.05) is 6.07 Å². The van der Waals surface area contributed by atoms with Crippen molar-refractivity contribution in [2.24, 2.45) is 0 Å². The summed E-state index contributed by atoms with van der Waals surface area (Å²) in [6.45, 7) is 0.764. The van der Waals surface area contributed by atoms with Crippen LogP contribution in [0.3, 0.4) is 0 Å². The van der Waals surface area contributed by atoms with Crippen LogP contribution >= 0.6 is 11.6 Å². The molecule has 0 bridgehead atoms. The van der Waals surface area contributed by atoms with Gasteiger partial charge in [0.25, 0.3) is 0 Å². The number of ether oxygens (including phenoxy) is 1. The second kappa shape index (κ2) is 7.19. The second-order valence-electron chi connectivity index (χ2n) is 4.06. The summed E-state index contributed by atoms with van der Waals surface area (Å²) in [4.78, 5) is -0.0811. The predicted octanol–water partition coefficient (Wildman–Crippen LogP) is 2.22. The van der Waals surface area contributed by atoms with Crippen molar-refractivity contribution in [1.29, 1.82) is 0 Å². The highest BCUT2D eigenvalue weighted by Gasteiger charge is 2.23. The molecule has 0 unspecified atom stereocenters. The SMILES string of the molecule is COCCCN(C)S(=O)(=O)c1cc(F)ccc1CCl. The lowest BCUT2D eigenvalue weighted by molar-refractivity contribution is 0.189. The zero-order valence-corrected chi connectivity index (χ0v) is 12.5. The molecule has 1 aromatic carbocycles. The zero-order chi connectivity index (χ0) is 14.5. The van der Waals surface area contributed by atoms with Crippen molar-refractivity contribution in [3.63, 3.8) is 0 Å². The number of nitrogens with zero attached hydrogens (tertiary/aromatic N) is 1. The van der Waals surface area contributed by atoms with Crippen LogP contribution in [0, 0.1) is 5.82 Å². The zero-order valence-electron chi connectivity index (χ0n) is 10.9. The van der Waals surface area contributed by atoms with Crippen molar-refractivity contribution in [3.05, 3.63) is 29.6 Å². The van der Waals surface area contributed by atoms with Gasteiger partial charge in [0.15, 0.2) is 0 Å². The van der Waals surface area contributed by atoms with E-state index in [2.05, 4.69) is 0 Å². The minimum atomic E-state index is -3.73. The molecule has 0 aliphatic rings. The molecule has 0 atom stereocenters. The average molecular weight is 310 g/mol. The highest BCUT2D eigenvalue weighted by atomic mass is 35.5. The van der Waals surface area contributed by atoms with Crippen LogP contribution in [0.2, 0.25) is 0 Å². The summed E-state index contributed by atoms with van der Waals surface area (Å²) in [6.07, 6.45) is 0.567. The molecule has 0 spiro atoms. The van der Waals surface area contributed by atoms with E-state index in [0.717, 1.165) is 6.07 Å². The maximum absolute atomic E-state index is 13.2. The molecule has 0 saturated heterocycles. The molecule has 19 heavy (non-hydrogen) atoms. The van der Waals surface area contributed by atoms with Crippen molar-refractivity contribution in [3.8, 4) is 0 Å². The molecule has 7 heteroatoms. The number of hydrogen-bond acceptors (Lipinski definition) is 3. The summed E-state index contributed by atoms with van der Waals surface area (Å²) < 4.78 is 43.9. The Bertz CT molecular complexity index is 522. The van der Waals surface area contributed by atoms with Gasteiger partial charge in [-0.25, -0.2) is 17.1 Å². The summed E-state index contributed by atoms with van der Waals surface area (Å²) in [6, 6.07) is 3.58. The van der Waals surface area contributed by atoms with Crippen LogP contribution in [-0.2, 0) is 20.6 Å². The van der Waals surface area contributed by atoms with Crippen LogP contribution in [0.15, 0.2) is 23.1 Å². The molecule has 0 N–H and O–H groups in total. The number of sulfonamides is 1. The van der Waals surface area contributed by atoms with Crippen molar-refractivity contribution in [2.45, 2.75) is 17.2 Å². The van der Waals surface area contributed by atoms with Gasteiger partial charge >= 0.3 is 0 Å². The minimum Gasteiger partial charge on any atom is -0.385 e. The highest BCUT2D eigenvalue weighted by molar-refractivity contribution is 7.89. The summed E-state index contributed by atoms with van der Waals surface area (Å²) >= 11 is 5.70. The van der Waals surface area contributed by atoms with Gasteiger partial charge < -0.3 is 4.74 Å². The Morgan fingerprint density at radius 1 is 1.42 bits per heavy atom. The Labute approximate surface area is 118 Å². The van der Waals surface area contributed by atoms with Gasteiger partial charge in [0.1, 0.15) is 5.82 Å². The van der Waals surface area contributed by atoms with Gasteiger partial charge in [0.2, 0.25) is 10.0 Å². The first-order valence-corrected chi connectivity index (χ1v) is 7.70. The molecular weight excluding hydrogens is 293 g/mol. The molecule has 0 fully saturated rings. The molecule has 0 aliphatic heterocycles. The van der Waals surface area contributed by atoms with Crippen LogP contribution in [0.1, 0.15) is 12.0 Å². The van der Waals surface area contributed by atoms with Crippen molar-refractivity contribution >= 4 is 21.6 Å². The summed E-state index contributed by atoms with van der Waals surface area (Å²) in [5.74, 6) is -0.585. The van der Waals surface area contributed by atoms with Crippen LogP contribution in [0.5, 0.6) is 0 Å². The lowest BCUT2D eigenvalue weighted by Crippen LogP contribution is -2.29. The molecule has 0 aromatic heterocycles. The van der Waals surface area contributed by atoms with E-state index >= 15 is 0 Å². The Morgan fingerprint density at radius 2 is 2.11 bits per heavy atom. The smallest absolute Gasteiger partial charge is 0.243 e. The minimum absolute atomic E-state index is 0.0146. The van der Waals surface area contributed by atoms with Crippen LogP contribution in [0.25, 0.3) is 0 Å². The Hall–Kier alpha value is -0.690. The molecule has 0 radical (unpaired) electrons. The van der Waals surface area contributed by atoms with E-state index in [9.17, 15) is 12.8 Å². The molecule has 1 aromatic rings. The molecule has 108 valence electrons. The number of benzene rings is 1. The fraction of sp³-hybridized carbons (Fsp3) is 0.500. The molecular formula is C12H17ClFNO3S. The standard InChI is InChI=1S/C12H17ClFNO3S/c1-15(6-3-7-18-2)19(16,17)12-8-11(14)5-4-10(12)9-13/h4-5,8H,3,6-7,9H2,1-2H3. The van der Waals surface area contributed by atoms with Gasteiger partial charge in [-0.15, -0.1) is 11.6 Å². The molecule has 0 heterocycles. The fourth-order valence-electron chi connectivity index (χ4n) is 1.60. The van der Waals surface area contributed by atoms with Gasteiger partial charge in [-0.3, -0.25) is 0 Å². The largest absolute Gasteiger partial charge is 0.385 e. The molecule has 4 nitrogen and oxygen atoms in total. The Balaban J connectivity index is 3.02. The molecule has 0 amide bonds. The third kappa shape index (κ3) is 4.14. The number of methoxy groups -OCH3 is 1. The first-order chi connectivity index (χ1) is 8.93. The van der Waals surface area contributed by atoms with Gasteiger partial charge in [-0.05, 0) is 24.1 Å². The topological polar surface area (TPSA) is 46.6 Å². The van der Waals surface area contributed by atoms with E-state index < -0.39 is 15.8 Å². The monoisotopic (exact) mass is 309 g/mol. The normalized spacial score (nSPS) is 12.1. The van der Waals surface area contributed by atoms with Crippen LogP contribution in [0.4, 0.5) is 4.39 Å². The lowest BCUT2D eigenvalue weighted by atomic mass is 10.2. The van der Waals surface area contributed by atoms with Crippen LogP contribution < -0.4 is 0 Å². The second-order valence-corrected chi connectivity index (χ2v) is 6.34. The van der Waals surface area contributed by atoms with Gasteiger partial charge in [0, 0.05) is 33.2 Å². The van der Waals surface area contributed by atoms with E-state index in [-0.39, 0.29) is 10.8 Å². The number of hydrogen-bond donors (Lipinski definition) is 0. The summed E-state index contributed by atoms with van der Waals surface area (Å²) in [7, 11) is -0.731. The third-order valence-electron chi connectivity index (χ3n) is 2.68. The van der Waals surface area contributed by atoms with Crippen molar-refractivity contribution in [1.82, 2.24) is 4.31 Å². The predicted molar refractivity (Wildman–Crippen MR) is 72.3 cm³/mol. The average Bonchev–Trinajstić information content (AvgIpc) is 2.38. The molecule has 1 rings (SSSR count). The van der Waals surface area contributed by atoms with E-state index in [0.29, 0.717) is 25.1 Å². The molecule has 0 aliphatic carbocycles. The quantitative estimate of drug-likeness (QED) is 0.573. The van der Waals surface area contributed by atoms with Crippen molar-refractivity contribution in [2.75, 3.05) is 27.3 Å². The van der Waals surface area contributed by atoms with E-state index in [1.807, 2.05) is 0 Å². The maximum Gasteiger partial charge on any atom is 0.243 e. The third-order valence-corrected chi connectivity index (χ3v) is 4.91. The van der Waals surface area contributed by atoms with E-state index in [4.69, 9.17) is 16.3 Å². The van der Waals surface area contributed by atoms with Gasteiger partial charge in [0.05, 0.1) is 4.90 Å². The molecule has 0 saturated carbocycles. The van der Waals surface area contributed by atoms with E-state index in [1.54, 1.807) is 7.11 Å². The Morgan fingerprint density at radius 3 is 2.68 bits per heavy atom. The first kappa shape index (κ1) is 16.4. The first-order valence-electron chi connectivity index (χ1n) is 5.73. The Kier molecular flexibility index (Phi) is 6.19. The fourth-order valence-corrected chi connectivity index (χ4v) is 3.35. The lowest BCUT2D eigenvalue weighted by Gasteiger charge is -2.18. The number of alkyl halides is 1. The number of rotatable bonds is 7. The summed E-state index contributed by atoms with van der Waals surface area (Å²) in [5.41, 5.74) is 0.390. The summed E-state index contributed by atoms with van der Waals surface area (Å²) in [5, 5.41) is 0. The van der Waals surface area contributed by atoms with E-state index in [1.165, 1.54) is 23.5 Å². The van der Waals surface area contributed by atoms with Crippen molar-refractivity contribution < 1.29 is 17.5 Å². The maximum atomic E-state index is 13.2. The van der Waals surface area contributed by atoms with Crippen LogP contribution in [-0.4, -0.2) is 40.0 Å². The van der Waals surface area contributed by atoms with Gasteiger partial charge in [-0.2, -0.15) is 0 Å². The number of halogens is 2.